The maximum Gasteiger partial charge on any atom is 0.160 e. The lowest BCUT2D eigenvalue weighted by Crippen LogP contribution is -2.11. The summed E-state index contributed by atoms with van der Waals surface area (Å²) in [6.45, 7) is 0. The Kier molecular flexibility index (Phi) is 22.8. The van der Waals surface area contributed by atoms with Crippen LogP contribution >= 0.6 is 0 Å². The number of rotatable bonds is 17. The molecule has 0 unspecified atom stereocenters. The molecule has 0 N–H and O–H groups in total. The number of nitrogens with zero attached hydrogens (tertiary/aromatic N) is 6. The molecule has 150 heavy (non-hydrogen) atoms. The summed E-state index contributed by atoms with van der Waals surface area (Å²) in [6, 6.07) is 196. The third-order valence-electron chi connectivity index (χ3n) is 28.8. The van der Waals surface area contributed by atoms with Crippen LogP contribution < -0.4 is 14.7 Å². The highest BCUT2D eigenvalue weighted by atomic mass is 16.3. The van der Waals surface area contributed by atoms with Crippen molar-refractivity contribution in [3.8, 4) is 89.4 Å². The molecule has 23 aromatic carbocycles. The SMILES string of the molecule is c1ccc(-c2ccc(N(c3ccc(-c4ccccc4)cc3)c3cc4c(-c5ccccc5)nc5ccccc5c4c4c3oc3ccccc34)cc2)cc1.c1ccc(-c2cccc(N(c3cccc(-c4ccccc4)c3)c3cc4c(-c5ccccc5)nc5ccccc5c4c4c3oc3ccccc34)c2)cc1.c1ccc(-c2cccc(N(c3ccccc3)c3cc4c(-c5ccccc5)nc5ccccc5c4c4c3oc3ccccc34)c2)cc1. The van der Waals surface area contributed by atoms with Crippen LogP contribution in [0.3, 0.4) is 0 Å². The molecule has 0 atom stereocenters. The molecule has 6 aromatic heterocycles. The molecule has 0 fully saturated rings. The van der Waals surface area contributed by atoms with E-state index in [1.807, 2.05) is 18.2 Å². The molecule has 0 saturated heterocycles. The molecule has 0 aliphatic heterocycles. The number of benzene rings is 23. The van der Waals surface area contributed by atoms with Crippen LogP contribution in [0.5, 0.6) is 0 Å². The van der Waals surface area contributed by atoms with Gasteiger partial charge in [0, 0.05) is 132 Å². The van der Waals surface area contributed by atoms with Crippen LogP contribution in [0.2, 0.25) is 0 Å². The van der Waals surface area contributed by atoms with Gasteiger partial charge in [-0.05, 0) is 183 Å². The zero-order valence-corrected chi connectivity index (χ0v) is 81.5. The summed E-state index contributed by atoms with van der Waals surface area (Å²) in [4.78, 5) is 23.0. The molecule has 0 aliphatic rings. The molecule has 0 radical (unpaired) electrons. The minimum atomic E-state index is 0.833. The third kappa shape index (κ3) is 16.3. The first-order chi connectivity index (χ1) is 74.4. The smallest absolute Gasteiger partial charge is 0.160 e. The molecule has 704 valence electrons. The summed E-state index contributed by atoms with van der Waals surface area (Å²) in [6.07, 6.45) is 0. The maximum absolute atomic E-state index is 6.98. The predicted molar refractivity (Wildman–Crippen MR) is 627 cm³/mol. The third-order valence-corrected chi connectivity index (χ3v) is 28.8. The Labute approximate surface area is 866 Å². The Morgan fingerprint density at radius 1 is 0.133 bits per heavy atom. The van der Waals surface area contributed by atoms with Gasteiger partial charge in [-0.25, -0.2) is 15.0 Å². The molecular formula is C141H92N6O3. The molecule has 0 aliphatic carbocycles. The highest BCUT2D eigenvalue weighted by Crippen LogP contribution is 2.55. The second kappa shape index (κ2) is 38.5. The number of pyridine rings is 3. The Bertz CT molecular complexity index is 9950. The van der Waals surface area contributed by atoms with E-state index in [9.17, 15) is 0 Å². The fraction of sp³-hybridized carbons (Fsp3) is 0. The lowest BCUT2D eigenvalue weighted by Gasteiger charge is -2.27. The summed E-state index contributed by atoms with van der Waals surface area (Å²) in [5, 5.41) is 16.5. The number of hydrogen-bond donors (Lipinski definition) is 0. The van der Waals surface area contributed by atoms with E-state index in [1.54, 1.807) is 0 Å². The Balaban J connectivity index is 0.000000111. The zero-order chi connectivity index (χ0) is 99.3. The Morgan fingerprint density at radius 2 is 0.333 bits per heavy atom. The molecule has 9 nitrogen and oxygen atoms in total. The number of para-hydroxylation sites is 7. The molecule has 29 aromatic rings. The van der Waals surface area contributed by atoms with Gasteiger partial charge in [-0.2, -0.15) is 0 Å². The zero-order valence-electron chi connectivity index (χ0n) is 81.5. The lowest BCUT2D eigenvalue weighted by molar-refractivity contribution is 0.669. The van der Waals surface area contributed by atoms with Gasteiger partial charge >= 0.3 is 0 Å². The minimum absolute atomic E-state index is 0.833. The van der Waals surface area contributed by atoms with Crippen molar-refractivity contribution >= 4 is 182 Å². The molecule has 0 spiro atoms. The highest BCUT2D eigenvalue weighted by molar-refractivity contribution is 6.34. The highest BCUT2D eigenvalue weighted by Gasteiger charge is 2.31. The van der Waals surface area contributed by atoms with Gasteiger partial charge in [0.1, 0.15) is 16.7 Å². The lowest BCUT2D eigenvalue weighted by atomic mass is 9.94. The van der Waals surface area contributed by atoms with Crippen LogP contribution in [-0.4, -0.2) is 15.0 Å². The van der Waals surface area contributed by atoms with Gasteiger partial charge in [-0.15, -0.1) is 0 Å². The number of hydrogen-bond acceptors (Lipinski definition) is 9. The van der Waals surface area contributed by atoms with Crippen LogP contribution in [-0.2, 0) is 0 Å². The quantitative estimate of drug-likeness (QED) is 0.0827. The molecule has 0 amide bonds. The van der Waals surface area contributed by atoms with Gasteiger partial charge in [0.25, 0.3) is 0 Å². The van der Waals surface area contributed by atoms with Crippen molar-refractivity contribution in [1.29, 1.82) is 0 Å². The van der Waals surface area contributed by atoms with Crippen LogP contribution in [0.4, 0.5) is 51.2 Å². The first-order valence-electron chi connectivity index (χ1n) is 50.8. The minimum Gasteiger partial charge on any atom is -0.454 e. The van der Waals surface area contributed by atoms with Crippen molar-refractivity contribution in [3.63, 3.8) is 0 Å². The standard InChI is InChI=1S/2C49H32N2O.C43H28N2O/c1-4-16-33(17-5-1)36-22-14-24-38(30-36)51(39-25-15-23-37(31-39)34-18-6-2-7-19-34)44-32-42-46(47-41-27-11-13-29-45(41)52-49(44)47)40-26-10-12-28-43(40)50-48(42)35-20-8-3-9-21-35;1-4-14-33(15-5-1)35-24-28-38(29-25-35)51(39-30-26-36(27-31-39)34-16-6-2-7-17-34)44-32-42-46(47-41-21-11-13-23-45(41)52-49(44)47)40-20-10-12-22-43(40)50-48(42)37-18-8-3-9-19-37;1-4-15-29(16-5-1)31-19-14-22-33(27-31)45(32-20-8-3-9-21-32)38-28-36-40(41-35-24-11-13-26-39(35)46-43(38)41)34-23-10-12-25-37(34)44-42(36)30-17-6-2-7-18-30/h2*1-32H;1-28H. The van der Waals surface area contributed by atoms with E-state index in [1.165, 1.54) is 16.7 Å². The molecule has 6 heterocycles. The number of fused-ring (bicyclic) bond motifs is 21. The summed E-state index contributed by atoms with van der Waals surface area (Å²) >= 11 is 0. The number of furan rings is 3. The average molecular weight is 1920 g/mol. The molecule has 29 rings (SSSR count). The monoisotopic (exact) mass is 1920 g/mol. The summed E-state index contributed by atoms with van der Waals surface area (Å²) in [5.74, 6) is 0. The molecule has 0 saturated carbocycles. The van der Waals surface area contributed by atoms with E-state index in [2.05, 4.69) is 555 Å². The van der Waals surface area contributed by atoms with Crippen molar-refractivity contribution in [1.82, 2.24) is 15.0 Å². The van der Waals surface area contributed by atoms with E-state index in [4.69, 9.17) is 28.2 Å². The molecular weight excluding hydrogens is 1830 g/mol. The van der Waals surface area contributed by atoms with E-state index in [0.29, 0.717) is 0 Å². The van der Waals surface area contributed by atoms with E-state index >= 15 is 0 Å². The van der Waals surface area contributed by atoms with E-state index in [0.717, 1.165) is 255 Å². The fourth-order valence-electron chi connectivity index (χ4n) is 22.0. The van der Waals surface area contributed by atoms with Gasteiger partial charge in [0.05, 0.1) is 50.7 Å². The Hall–Kier alpha value is -20.1. The molecule has 9 heteroatoms. The average Bonchev–Trinajstić information content (AvgIpc) is 1.47. The summed E-state index contributed by atoms with van der Waals surface area (Å²) in [5.41, 5.74) is 34.7. The van der Waals surface area contributed by atoms with Crippen LogP contribution in [0.25, 0.3) is 220 Å². The van der Waals surface area contributed by atoms with Gasteiger partial charge < -0.3 is 28.0 Å². The number of anilines is 9. The van der Waals surface area contributed by atoms with Crippen LogP contribution in [0.15, 0.2) is 571 Å². The fourth-order valence-corrected chi connectivity index (χ4v) is 22.0. The van der Waals surface area contributed by atoms with Crippen molar-refractivity contribution in [2.75, 3.05) is 14.7 Å². The largest absolute Gasteiger partial charge is 0.454 e. The van der Waals surface area contributed by atoms with Gasteiger partial charge in [-0.1, -0.05) is 431 Å². The number of aromatic nitrogens is 3. The predicted octanol–water partition coefficient (Wildman–Crippen LogP) is 39.6. The normalized spacial score (nSPS) is 11.5. The van der Waals surface area contributed by atoms with Gasteiger partial charge in [0.2, 0.25) is 0 Å². The second-order valence-corrected chi connectivity index (χ2v) is 37.8. The maximum atomic E-state index is 6.98. The summed E-state index contributed by atoms with van der Waals surface area (Å²) < 4.78 is 20.8. The van der Waals surface area contributed by atoms with Crippen molar-refractivity contribution in [2.24, 2.45) is 0 Å². The van der Waals surface area contributed by atoms with Crippen molar-refractivity contribution in [2.45, 2.75) is 0 Å². The Morgan fingerprint density at radius 3 is 0.620 bits per heavy atom. The second-order valence-electron chi connectivity index (χ2n) is 37.8. The molecule has 0 bridgehead atoms. The van der Waals surface area contributed by atoms with Crippen molar-refractivity contribution < 1.29 is 13.3 Å². The van der Waals surface area contributed by atoms with Gasteiger partial charge in [-0.3, -0.25) is 0 Å². The van der Waals surface area contributed by atoms with E-state index in [-0.39, 0.29) is 0 Å². The topological polar surface area (TPSA) is 87.8 Å². The summed E-state index contributed by atoms with van der Waals surface area (Å²) in [7, 11) is 0. The van der Waals surface area contributed by atoms with Crippen molar-refractivity contribution in [3.05, 3.63) is 558 Å². The van der Waals surface area contributed by atoms with Crippen LogP contribution in [0.1, 0.15) is 0 Å². The van der Waals surface area contributed by atoms with Crippen LogP contribution in [0, 0.1) is 0 Å². The van der Waals surface area contributed by atoms with E-state index < -0.39 is 0 Å². The first kappa shape index (κ1) is 88.8. The van der Waals surface area contributed by atoms with Gasteiger partial charge in [0.15, 0.2) is 16.7 Å². The first-order valence-corrected chi connectivity index (χ1v) is 50.8.